The molecule has 1 rings (SSSR count). The molecule has 0 heterocycles. The van der Waals surface area contributed by atoms with Crippen LogP contribution in [-0.2, 0) is 14.3 Å². The molecule has 80 valence electrons. The quantitative estimate of drug-likeness (QED) is 0.404. The molecule has 1 aliphatic rings. The Morgan fingerprint density at radius 1 is 1.07 bits per heavy atom. The number of methoxy groups -OCH3 is 1. The van der Waals surface area contributed by atoms with E-state index in [1.54, 1.807) is 0 Å². The lowest BCUT2D eigenvalue weighted by Crippen LogP contribution is -2.30. The van der Waals surface area contributed by atoms with Gasteiger partial charge in [-0.15, -0.1) is 0 Å². The first-order valence-corrected chi connectivity index (χ1v) is 4.84. The highest BCUT2D eigenvalue weighted by Crippen LogP contribution is 2.78. The highest BCUT2D eigenvalue weighted by molar-refractivity contribution is 6.67. The fourth-order valence-corrected chi connectivity index (χ4v) is 3.10. The van der Waals surface area contributed by atoms with Crippen LogP contribution in [-0.4, -0.2) is 18.3 Å². The smallest absolute Gasteiger partial charge is 0.321 e. The van der Waals surface area contributed by atoms with Crippen molar-refractivity contribution in [2.45, 2.75) is 27.7 Å². The molecule has 0 unspecified atom stereocenters. The molecule has 0 aromatic heterocycles. The topological polar surface area (TPSA) is 43.4 Å². The third-order valence-corrected chi connectivity index (χ3v) is 4.44. The van der Waals surface area contributed by atoms with Gasteiger partial charge >= 0.3 is 5.97 Å². The zero-order valence-corrected chi connectivity index (χ0v) is 9.86. The molecule has 4 heteroatoms. The summed E-state index contributed by atoms with van der Waals surface area (Å²) in [5.74, 6) is -0.535. The highest BCUT2D eigenvalue weighted by Gasteiger charge is 2.85. The summed E-state index contributed by atoms with van der Waals surface area (Å²) >= 11 is 5.53. The molecule has 1 aliphatic carbocycles. The van der Waals surface area contributed by atoms with Gasteiger partial charge in [0.1, 0.15) is 0 Å². The van der Waals surface area contributed by atoms with E-state index >= 15 is 0 Å². The van der Waals surface area contributed by atoms with Crippen LogP contribution in [0.15, 0.2) is 0 Å². The molecular weight excluding hydrogens is 204 g/mol. The van der Waals surface area contributed by atoms with Crippen molar-refractivity contribution >= 4 is 22.8 Å². The van der Waals surface area contributed by atoms with Crippen LogP contribution in [0.1, 0.15) is 27.7 Å². The van der Waals surface area contributed by atoms with E-state index in [-0.39, 0.29) is 0 Å². The summed E-state index contributed by atoms with van der Waals surface area (Å²) in [6.07, 6.45) is 0. The SMILES string of the molecule is COC(=O)C1(C(=O)Cl)C(C)(C)C1(C)C. The first-order chi connectivity index (χ1) is 6.17. The Kier molecular flexibility index (Phi) is 2.24. The fraction of sp³-hybridized carbons (Fsp3) is 0.800. The van der Waals surface area contributed by atoms with Crippen molar-refractivity contribution in [2.75, 3.05) is 7.11 Å². The summed E-state index contributed by atoms with van der Waals surface area (Å²) in [6.45, 7) is 7.41. The molecule has 0 saturated heterocycles. The maximum Gasteiger partial charge on any atom is 0.321 e. The second-order valence-electron chi connectivity index (χ2n) is 4.77. The van der Waals surface area contributed by atoms with Crippen LogP contribution < -0.4 is 0 Å². The first-order valence-electron chi connectivity index (χ1n) is 4.46. The number of carbonyl (C=O) groups excluding carboxylic acids is 2. The van der Waals surface area contributed by atoms with Gasteiger partial charge in [-0.25, -0.2) is 0 Å². The summed E-state index contributed by atoms with van der Waals surface area (Å²) in [4.78, 5) is 23.1. The minimum absolute atomic E-state index is 0.452. The Bertz CT molecular complexity index is 290. The van der Waals surface area contributed by atoms with Crippen LogP contribution >= 0.6 is 11.6 Å². The molecule has 1 saturated carbocycles. The van der Waals surface area contributed by atoms with Gasteiger partial charge in [-0.1, -0.05) is 27.7 Å². The van der Waals surface area contributed by atoms with Gasteiger partial charge in [0, 0.05) is 0 Å². The van der Waals surface area contributed by atoms with Gasteiger partial charge in [-0.05, 0) is 22.4 Å². The maximum absolute atomic E-state index is 11.6. The Hall–Kier alpha value is -0.570. The summed E-state index contributed by atoms with van der Waals surface area (Å²) in [7, 11) is 1.27. The Labute approximate surface area is 88.8 Å². The minimum Gasteiger partial charge on any atom is -0.468 e. The summed E-state index contributed by atoms with van der Waals surface area (Å²) in [5.41, 5.74) is -2.09. The summed E-state index contributed by atoms with van der Waals surface area (Å²) in [5, 5.41) is -0.626. The molecule has 0 aromatic carbocycles. The largest absolute Gasteiger partial charge is 0.468 e. The van der Waals surface area contributed by atoms with Crippen molar-refractivity contribution in [3.05, 3.63) is 0 Å². The number of hydrogen-bond donors (Lipinski definition) is 0. The van der Waals surface area contributed by atoms with Gasteiger partial charge in [0.2, 0.25) is 5.24 Å². The molecule has 1 fully saturated rings. The van der Waals surface area contributed by atoms with Crippen molar-refractivity contribution in [1.82, 2.24) is 0 Å². The molecular formula is C10H15ClO3. The van der Waals surface area contributed by atoms with E-state index in [1.807, 2.05) is 27.7 Å². The third kappa shape index (κ3) is 0.842. The van der Waals surface area contributed by atoms with Gasteiger partial charge in [0.15, 0.2) is 5.41 Å². The van der Waals surface area contributed by atoms with Gasteiger partial charge in [-0.2, -0.15) is 0 Å². The van der Waals surface area contributed by atoms with E-state index in [1.165, 1.54) is 7.11 Å². The van der Waals surface area contributed by atoms with Crippen molar-refractivity contribution in [2.24, 2.45) is 16.2 Å². The standard InChI is InChI=1S/C10H15ClO3/c1-8(2)9(3,4)10(8,6(11)12)7(13)14-5/h1-5H3. The number of halogens is 1. The fourth-order valence-electron chi connectivity index (χ4n) is 2.55. The maximum atomic E-state index is 11.6. The van der Waals surface area contributed by atoms with Gasteiger partial charge in [0.05, 0.1) is 7.11 Å². The third-order valence-electron chi connectivity index (χ3n) is 4.16. The lowest BCUT2D eigenvalue weighted by molar-refractivity contribution is -0.152. The Morgan fingerprint density at radius 2 is 1.43 bits per heavy atom. The molecule has 0 atom stereocenters. The zero-order valence-electron chi connectivity index (χ0n) is 9.10. The van der Waals surface area contributed by atoms with Crippen LogP contribution in [0, 0.1) is 16.2 Å². The molecule has 0 aliphatic heterocycles. The first kappa shape index (κ1) is 11.5. The van der Waals surface area contributed by atoms with Crippen molar-refractivity contribution in [3.8, 4) is 0 Å². The lowest BCUT2D eigenvalue weighted by Gasteiger charge is -2.13. The number of esters is 1. The van der Waals surface area contributed by atoms with Crippen LogP contribution in [0.5, 0.6) is 0 Å². The van der Waals surface area contributed by atoms with Crippen molar-refractivity contribution in [3.63, 3.8) is 0 Å². The summed E-state index contributed by atoms with van der Waals surface area (Å²) in [6, 6.07) is 0. The van der Waals surface area contributed by atoms with E-state index in [9.17, 15) is 9.59 Å². The van der Waals surface area contributed by atoms with Gasteiger partial charge in [0.25, 0.3) is 0 Å². The minimum atomic E-state index is -1.18. The summed E-state index contributed by atoms with van der Waals surface area (Å²) < 4.78 is 4.67. The average molecular weight is 219 g/mol. The number of carbonyl (C=O) groups is 2. The molecule has 0 bridgehead atoms. The van der Waals surface area contributed by atoms with Crippen molar-refractivity contribution in [1.29, 1.82) is 0 Å². The second kappa shape index (κ2) is 2.72. The van der Waals surface area contributed by atoms with E-state index in [0.29, 0.717) is 0 Å². The van der Waals surface area contributed by atoms with E-state index in [2.05, 4.69) is 4.74 Å². The van der Waals surface area contributed by atoms with E-state index < -0.39 is 27.5 Å². The predicted octanol–water partition coefficient (Wildman–Crippen LogP) is 1.98. The number of hydrogen-bond acceptors (Lipinski definition) is 3. The second-order valence-corrected chi connectivity index (χ2v) is 5.11. The van der Waals surface area contributed by atoms with Gasteiger partial charge in [-0.3, -0.25) is 9.59 Å². The Morgan fingerprint density at radius 3 is 1.50 bits per heavy atom. The lowest BCUT2D eigenvalue weighted by atomic mass is 9.97. The number of rotatable bonds is 2. The van der Waals surface area contributed by atoms with Crippen molar-refractivity contribution < 1.29 is 14.3 Å². The van der Waals surface area contributed by atoms with E-state index in [0.717, 1.165) is 0 Å². The molecule has 0 amide bonds. The van der Waals surface area contributed by atoms with E-state index in [4.69, 9.17) is 11.6 Å². The zero-order chi connectivity index (χ0) is 11.4. The molecule has 3 nitrogen and oxygen atoms in total. The highest BCUT2D eigenvalue weighted by atomic mass is 35.5. The average Bonchev–Trinajstić information content (AvgIpc) is 2.38. The van der Waals surface area contributed by atoms with Crippen LogP contribution in [0.4, 0.5) is 0 Å². The molecule has 0 radical (unpaired) electrons. The molecule has 0 aromatic rings. The monoisotopic (exact) mass is 218 g/mol. The molecule has 0 spiro atoms. The van der Waals surface area contributed by atoms with Crippen LogP contribution in [0.3, 0.4) is 0 Å². The molecule has 0 N–H and O–H groups in total. The number of ether oxygens (including phenoxy) is 1. The molecule has 14 heavy (non-hydrogen) atoms. The predicted molar refractivity (Wildman–Crippen MR) is 52.9 cm³/mol. The normalized spacial score (nSPS) is 25.3. The Balaban J connectivity index is 3.26. The van der Waals surface area contributed by atoms with Gasteiger partial charge < -0.3 is 4.74 Å². The van der Waals surface area contributed by atoms with Crippen LogP contribution in [0.25, 0.3) is 0 Å². The van der Waals surface area contributed by atoms with Crippen LogP contribution in [0.2, 0.25) is 0 Å².